The number of hydrogen-bond acceptors (Lipinski definition) is 3. The van der Waals surface area contributed by atoms with E-state index in [0.717, 1.165) is 22.2 Å². The van der Waals surface area contributed by atoms with Crippen LogP contribution in [0.15, 0.2) is 54.6 Å². The molecule has 134 valence electrons. The molecule has 2 heterocycles. The lowest BCUT2D eigenvalue weighted by Gasteiger charge is -2.29. The minimum absolute atomic E-state index is 0.0506. The highest BCUT2D eigenvalue weighted by Crippen LogP contribution is 2.49. The fourth-order valence-corrected chi connectivity index (χ4v) is 4.71. The van der Waals surface area contributed by atoms with E-state index in [-0.39, 0.29) is 17.6 Å². The van der Waals surface area contributed by atoms with Gasteiger partial charge in [0, 0.05) is 22.5 Å². The summed E-state index contributed by atoms with van der Waals surface area (Å²) in [6, 6.07) is 16.8. The summed E-state index contributed by atoms with van der Waals surface area (Å²) in [5.74, 6) is -2.31. The molecule has 1 aliphatic heterocycles. The van der Waals surface area contributed by atoms with E-state index in [2.05, 4.69) is 4.98 Å². The Morgan fingerprint density at radius 3 is 2.44 bits per heavy atom. The van der Waals surface area contributed by atoms with Gasteiger partial charge in [0.15, 0.2) is 0 Å². The lowest BCUT2D eigenvalue weighted by atomic mass is 9.70. The van der Waals surface area contributed by atoms with E-state index in [1.54, 1.807) is 24.3 Å². The number of nitrogens with zero attached hydrogens (tertiary/aromatic N) is 1. The van der Waals surface area contributed by atoms with Crippen LogP contribution in [0.2, 0.25) is 0 Å². The summed E-state index contributed by atoms with van der Waals surface area (Å²) >= 11 is 0. The maximum absolute atomic E-state index is 13.4. The van der Waals surface area contributed by atoms with Gasteiger partial charge in [-0.3, -0.25) is 14.4 Å². The van der Waals surface area contributed by atoms with Gasteiger partial charge in [-0.25, -0.2) is 4.90 Å². The number of Topliss-reactive ketones (excluding diaryl/α,β-unsaturated/α-hetero) is 1. The molecule has 5 rings (SSSR count). The molecule has 2 aromatic carbocycles. The monoisotopic (exact) mass is 358 g/mol. The number of fused-ring (bicyclic) bond motifs is 5. The molecule has 3 atom stereocenters. The maximum atomic E-state index is 13.4. The second-order valence-corrected chi connectivity index (χ2v) is 7.33. The Hall–Kier alpha value is -3.21. The van der Waals surface area contributed by atoms with Gasteiger partial charge in [-0.15, -0.1) is 0 Å². The van der Waals surface area contributed by atoms with E-state index in [1.165, 1.54) is 11.8 Å². The van der Waals surface area contributed by atoms with Crippen molar-refractivity contribution in [2.45, 2.75) is 19.3 Å². The lowest BCUT2D eigenvalue weighted by molar-refractivity contribution is -0.130. The van der Waals surface area contributed by atoms with Crippen LogP contribution in [0.4, 0.5) is 5.69 Å². The van der Waals surface area contributed by atoms with Crippen LogP contribution in [-0.2, 0) is 20.8 Å². The molecule has 2 amide bonds. The van der Waals surface area contributed by atoms with Crippen molar-refractivity contribution in [1.29, 1.82) is 0 Å². The second kappa shape index (κ2) is 5.64. The first-order chi connectivity index (χ1) is 13.1. The number of nitrogens with one attached hydrogen (secondary N) is 1. The molecule has 1 aliphatic carbocycles. The van der Waals surface area contributed by atoms with Gasteiger partial charge < -0.3 is 4.98 Å². The van der Waals surface area contributed by atoms with Crippen molar-refractivity contribution >= 4 is 34.2 Å². The van der Waals surface area contributed by atoms with E-state index in [0.29, 0.717) is 12.1 Å². The Morgan fingerprint density at radius 1 is 1.00 bits per heavy atom. The van der Waals surface area contributed by atoms with Crippen molar-refractivity contribution in [2.75, 3.05) is 4.90 Å². The first-order valence-corrected chi connectivity index (χ1v) is 9.10. The number of anilines is 1. The van der Waals surface area contributed by atoms with Crippen LogP contribution in [0, 0.1) is 11.8 Å². The van der Waals surface area contributed by atoms with Gasteiger partial charge in [-0.2, -0.15) is 0 Å². The third-order valence-electron chi connectivity index (χ3n) is 5.88. The third-order valence-corrected chi connectivity index (χ3v) is 5.88. The molecule has 0 saturated carbocycles. The number of carbonyl (C=O) groups excluding carboxylic acids is 3. The Balaban J connectivity index is 1.74. The number of carbonyl (C=O) groups is 3. The van der Waals surface area contributed by atoms with Gasteiger partial charge in [0.2, 0.25) is 11.8 Å². The van der Waals surface area contributed by atoms with E-state index in [1.807, 2.05) is 30.3 Å². The Morgan fingerprint density at radius 2 is 1.70 bits per heavy atom. The van der Waals surface area contributed by atoms with Crippen LogP contribution < -0.4 is 4.90 Å². The molecule has 1 N–H and O–H groups in total. The average molecular weight is 358 g/mol. The summed E-state index contributed by atoms with van der Waals surface area (Å²) in [5, 5.41) is 0.959. The van der Waals surface area contributed by atoms with E-state index in [4.69, 9.17) is 0 Å². The quantitative estimate of drug-likeness (QED) is 0.715. The molecule has 0 spiro atoms. The zero-order chi connectivity index (χ0) is 18.7. The molecule has 27 heavy (non-hydrogen) atoms. The van der Waals surface area contributed by atoms with E-state index >= 15 is 0 Å². The van der Waals surface area contributed by atoms with Gasteiger partial charge in [0.25, 0.3) is 0 Å². The molecule has 2 aliphatic rings. The van der Waals surface area contributed by atoms with E-state index < -0.39 is 17.8 Å². The summed E-state index contributed by atoms with van der Waals surface area (Å²) in [4.78, 5) is 43.7. The number of ketones is 1. The number of H-pyrrole nitrogens is 1. The number of hydrogen-bond donors (Lipinski definition) is 1. The topological polar surface area (TPSA) is 70.2 Å². The summed E-state index contributed by atoms with van der Waals surface area (Å²) in [6.07, 6.45) is 0.460. The van der Waals surface area contributed by atoms with Crippen molar-refractivity contribution in [1.82, 2.24) is 4.98 Å². The van der Waals surface area contributed by atoms with Crippen molar-refractivity contribution in [2.24, 2.45) is 11.8 Å². The zero-order valence-corrected chi connectivity index (χ0v) is 14.8. The van der Waals surface area contributed by atoms with Crippen molar-refractivity contribution in [3.8, 4) is 0 Å². The molecule has 5 nitrogen and oxygen atoms in total. The molecule has 0 unspecified atom stereocenters. The number of aromatic nitrogens is 1. The molecule has 0 radical (unpaired) electrons. The number of benzene rings is 2. The Bertz CT molecular complexity index is 1100. The van der Waals surface area contributed by atoms with E-state index in [9.17, 15) is 14.4 Å². The smallest absolute Gasteiger partial charge is 0.242 e. The Labute approximate surface area is 156 Å². The normalized spacial score (nSPS) is 24.2. The highest BCUT2D eigenvalue weighted by molar-refractivity contribution is 6.25. The second-order valence-electron chi connectivity index (χ2n) is 7.33. The van der Waals surface area contributed by atoms with Crippen LogP contribution in [0.5, 0.6) is 0 Å². The third kappa shape index (κ3) is 2.14. The Kier molecular flexibility index (Phi) is 3.34. The fourth-order valence-electron chi connectivity index (χ4n) is 4.71. The molecular weight excluding hydrogens is 340 g/mol. The SMILES string of the molecule is CC(=O)[C@@H]1Cc2[nH]c3ccccc3c2[C@H]2C(=O)N(c3ccccc3)C(=O)[C@H]21. The summed E-state index contributed by atoms with van der Waals surface area (Å²) < 4.78 is 0. The zero-order valence-electron chi connectivity index (χ0n) is 14.8. The predicted octanol–water partition coefficient (Wildman–Crippen LogP) is 3.20. The van der Waals surface area contributed by atoms with Crippen LogP contribution in [-0.4, -0.2) is 22.6 Å². The number of amides is 2. The number of imide groups is 1. The van der Waals surface area contributed by atoms with Crippen molar-refractivity contribution in [3.05, 3.63) is 65.9 Å². The molecule has 1 aromatic heterocycles. The van der Waals surface area contributed by atoms with Crippen LogP contribution in [0.1, 0.15) is 24.1 Å². The molecule has 1 fully saturated rings. The van der Waals surface area contributed by atoms with Gasteiger partial charge in [0.05, 0.1) is 17.5 Å². The largest absolute Gasteiger partial charge is 0.358 e. The highest BCUT2D eigenvalue weighted by atomic mass is 16.2. The summed E-state index contributed by atoms with van der Waals surface area (Å²) in [5.41, 5.74) is 3.27. The number of rotatable bonds is 2. The van der Waals surface area contributed by atoms with Gasteiger partial charge >= 0.3 is 0 Å². The van der Waals surface area contributed by atoms with Crippen LogP contribution >= 0.6 is 0 Å². The summed E-state index contributed by atoms with van der Waals surface area (Å²) in [7, 11) is 0. The van der Waals surface area contributed by atoms with Gasteiger partial charge in [0.1, 0.15) is 5.78 Å². The first-order valence-electron chi connectivity index (χ1n) is 9.10. The highest BCUT2D eigenvalue weighted by Gasteiger charge is 2.56. The maximum Gasteiger partial charge on any atom is 0.242 e. The predicted molar refractivity (Wildman–Crippen MR) is 101 cm³/mol. The lowest BCUT2D eigenvalue weighted by Crippen LogP contribution is -2.36. The summed E-state index contributed by atoms with van der Waals surface area (Å²) in [6.45, 7) is 1.51. The molecular formula is C22H18N2O3. The average Bonchev–Trinajstić information content (AvgIpc) is 3.17. The van der Waals surface area contributed by atoms with Crippen LogP contribution in [0.25, 0.3) is 10.9 Å². The molecule has 5 heteroatoms. The first kappa shape index (κ1) is 16.0. The molecule has 0 bridgehead atoms. The van der Waals surface area contributed by atoms with Crippen molar-refractivity contribution in [3.63, 3.8) is 0 Å². The molecule has 3 aromatic rings. The minimum atomic E-state index is -0.637. The number of para-hydroxylation sites is 2. The minimum Gasteiger partial charge on any atom is -0.358 e. The fraction of sp³-hybridized carbons (Fsp3) is 0.227. The molecule has 1 saturated heterocycles. The van der Waals surface area contributed by atoms with Crippen molar-refractivity contribution < 1.29 is 14.4 Å². The van der Waals surface area contributed by atoms with Gasteiger partial charge in [-0.05, 0) is 37.1 Å². The standard InChI is InChI=1S/C22H18N2O3/c1-12(25)15-11-17-18(14-9-5-6-10-16(14)23-17)20-19(15)21(26)24(22(20)27)13-7-3-2-4-8-13/h2-10,15,19-20,23H,11H2,1H3/t15-,19-,20+/m0/s1. The van der Waals surface area contributed by atoms with Crippen LogP contribution in [0.3, 0.4) is 0 Å². The van der Waals surface area contributed by atoms with Gasteiger partial charge in [-0.1, -0.05) is 36.4 Å². The number of aromatic amines is 1.